The van der Waals surface area contributed by atoms with Crippen molar-refractivity contribution in [3.05, 3.63) is 0 Å². The molecule has 21 heavy (non-hydrogen) atoms. The van der Waals surface area contributed by atoms with Crippen LogP contribution in [0.5, 0.6) is 0 Å². The summed E-state index contributed by atoms with van der Waals surface area (Å²) in [4.78, 5) is 28.3. The number of likely N-dealkylation sites (tertiary alicyclic amines) is 2. The SMILES string of the molecule is CCC(=O)N1CC(CCC(=O)N2CCCC2)C2(CCC2)C1. The lowest BCUT2D eigenvalue weighted by atomic mass is 9.62. The van der Waals surface area contributed by atoms with Crippen LogP contribution in [0.15, 0.2) is 0 Å². The summed E-state index contributed by atoms with van der Waals surface area (Å²) in [6, 6.07) is 0. The second-order valence-electron chi connectivity index (χ2n) is 7.17. The Morgan fingerprint density at radius 2 is 1.76 bits per heavy atom. The molecular formula is C17H28N2O2. The van der Waals surface area contributed by atoms with Gasteiger partial charge < -0.3 is 9.80 Å². The standard InChI is InChI=1S/C17H28N2O2/c1-2-15(20)19-12-14(17(13-19)8-5-9-17)6-7-16(21)18-10-3-4-11-18/h14H,2-13H2,1H3. The van der Waals surface area contributed by atoms with Crippen LogP contribution in [0, 0.1) is 11.3 Å². The maximum atomic E-state index is 12.2. The van der Waals surface area contributed by atoms with Gasteiger partial charge in [0.2, 0.25) is 11.8 Å². The van der Waals surface area contributed by atoms with Gasteiger partial charge in [0.25, 0.3) is 0 Å². The topological polar surface area (TPSA) is 40.6 Å². The molecule has 3 aliphatic rings. The number of hydrogen-bond donors (Lipinski definition) is 0. The van der Waals surface area contributed by atoms with Crippen molar-refractivity contribution in [3.8, 4) is 0 Å². The van der Waals surface area contributed by atoms with Gasteiger partial charge in [0.1, 0.15) is 0 Å². The number of rotatable bonds is 4. The third-order valence-corrected chi connectivity index (χ3v) is 5.98. The lowest BCUT2D eigenvalue weighted by Gasteiger charge is -2.43. The number of nitrogens with zero attached hydrogens (tertiary/aromatic N) is 2. The Morgan fingerprint density at radius 3 is 2.33 bits per heavy atom. The maximum Gasteiger partial charge on any atom is 0.222 e. The van der Waals surface area contributed by atoms with E-state index in [1.807, 2.05) is 11.8 Å². The first kappa shape index (κ1) is 14.9. The molecule has 1 atom stereocenters. The molecule has 2 amide bonds. The molecule has 3 fully saturated rings. The second-order valence-corrected chi connectivity index (χ2v) is 7.17. The van der Waals surface area contributed by atoms with E-state index >= 15 is 0 Å². The van der Waals surface area contributed by atoms with Crippen molar-refractivity contribution >= 4 is 11.8 Å². The van der Waals surface area contributed by atoms with E-state index in [1.165, 1.54) is 19.3 Å². The number of amides is 2. The minimum Gasteiger partial charge on any atom is -0.343 e. The van der Waals surface area contributed by atoms with Gasteiger partial charge in [-0.15, -0.1) is 0 Å². The fourth-order valence-corrected chi connectivity index (χ4v) is 4.46. The summed E-state index contributed by atoms with van der Waals surface area (Å²) >= 11 is 0. The highest BCUT2D eigenvalue weighted by molar-refractivity contribution is 5.77. The van der Waals surface area contributed by atoms with Crippen LogP contribution in [0.2, 0.25) is 0 Å². The van der Waals surface area contributed by atoms with Crippen LogP contribution in [-0.2, 0) is 9.59 Å². The van der Waals surface area contributed by atoms with Crippen molar-refractivity contribution in [2.45, 2.75) is 58.3 Å². The van der Waals surface area contributed by atoms with Crippen LogP contribution in [0.4, 0.5) is 0 Å². The molecule has 0 N–H and O–H groups in total. The van der Waals surface area contributed by atoms with Gasteiger partial charge in [-0.3, -0.25) is 9.59 Å². The monoisotopic (exact) mass is 292 g/mol. The quantitative estimate of drug-likeness (QED) is 0.798. The summed E-state index contributed by atoms with van der Waals surface area (Å²) in [5.74, 6) is 1.17. The first-order valence-corrected chi connectivity index (χ1v) is 8.70. The Morgan fingerprint density at radius 1 is 1.05 bits per heavy atom. The minimum absolute atomic E-state index is 0.287. The van der Waals surface area contributed by atoms with Gasteiger partial charge in [0.15, 0.2) is 0 Å². The average molecular weight is 292 g/mol. The molecule has 1 unspecified atom stereocenters. The van der Waals surface area contributed by atoms with Gasteiger partial charge in [-0.05, 0) is 43.4 Å². The summed E-state index contributed by atoms with van der Waals surface area (Å²) in [7, 11) is 0. The van der Waals surface area contributed by atoms with Gasteiger partial charge in [-0.25, -0.2) is 0 Å². The summed E-state index contributed by atoms with van der Waals surface area (Å²) < 4.78 is 0. The second kappa shape index (κ2) is 5.98. The third kappa shape index (κ3) is 2.82. The largest absolute Gasteiger partial charge is 0.343 e. The van der Waals surface area contributed by atoms with Gasteiger partial charge >= 0.3 is 0 Å². The number of carbonyl (C=O) groups excluding carboxylic acids is 2. The van der Waals surface area contributed by atoms with Crippen LogP contribution >= 0.6 is 0 Å². The molecule has 0 aromatic carbocycles. The van der Waals surface area contributed by atoms with E-state index in [-0.39, 0.29) is 5.91 Å². The molecule has 4 heteroatoms. The van der Waals surface area contributed by atoms with Crippen molar-refractivity contribution in [2.75, 3.05) is 26.2 Å². The molecule has 2 aliphatic heterocycles. The van der Waals surface area contributed by atoms with E-state index in [9.17, 15) is 9.59 Å². The van der Waals surface area contributed by atoms with Crippen molar-refractivity contribution in [3.63, 3.8) is 0 Å². The summed E-state index contributed by atoms with van der Waals surface area (Å²) in [5, 5.41) is 0. The van der Waals surface area contributed by atoms with E-state index in [1.54, 1.807) is 0 Å². The molecule has 1 spiro atoms. The van der Waals surface area contributed by atoms with Gasteiger partial charge in [0, 0.05) is 39.0 Å². The van der Waals surface area contributed by atoms with Gasteiger partial charge in [-0.2, -0.15) is 0 Å². The Hall–Kier alpha value is -1.06. The molecule has 2 saturated heterocycles. The minimum atomic E-state index is 0.287. The fourth-order valence-electron chi connectivity index (χ4n) is 4.46. The Kier molecular flexibility index (Phi) is 4.23. The van der Waals surface area contributed by atoms with Crippen LogP contribution in [0.1, 0.15) is 58.3 Å². The van der Waals surface area contributed by atoms with Crippen molar-refractivity contribution in [2.24, 2.45) is 11.3 Å². The van der Waals surface area contributed by atoms with E-state index < -0.39 is 0 Å². The molecule has 1 saturated carbocycles. The third-order valence-electron chi connectivity index (χ3n) is 5.98. The smallest absolute Gasteiger partial charge is 0.222 e. The molecule has 0 bridgehead atoms. The lowest BCUT2D eigenvalue weighted by Crippen LogP contribution is -2.38. The normalized spacial score (nSPS) is 27.2. The van der Waals surface area contributed by atoms with Crippen LogP contribution < -0.4 is 0 Å². The van der Waals surface area contributed by atoms with Crippen molar-refractivity contribution in [1.29, 1.82) is 0 Å². The van der Waals surface area contributed by atoms with Gasteiger partial charge in [-0.1, -0.05) is 13.3 Å². The van der Waals surface area contributed by atoms with E-state index in [2.05, 4.69) is 4.90 Å². The number of hydrogen-bond acceptors (Lipinski definition) is 2. The highest BCUT2D eigenvalue weighted by Crippen LogP contribution is 2.53. The zero-order valence-corrected chi connectivity index (χ0v) is 13.3. The van der Waals surface area contributed by atoms with Crippen LogP contribution in [0.25, 0.3) is 0 Å². The van der Waals surface area contributed by atoms with E-state index in [4.69, 9.17) is 0 Å². The molecule has 1 aliphatic carbocycles. The first-order chi connectivity index (χ1) is 10.1. The zero-order valence-electron chi connectivity index (χ0n) is 13.3. The molecule has 0 aromatic heterocycles. The molecule has 118 valence electrons. The fraction of sp³-hybridized carbons (Fsp3) is 0.882. The lowest BCUT2D eigenvalue weighted by molar-refractivity contribution is -0.131. The maximum absolute atomic E-state index is 12.2. The highest BCUT2D eigenvalue weighted by atomic mass is 16.2. The van der Waals surface area contributed by atoms with Crippen LogP contribution in [0.3, 0.4) is 0 Å². The summed E-state index contributed by atoms with van der Waals surface area (Å²) in [5.41, 5.74) is 0.357. The van der Waals surface area contributed by atoms with Crippen molar-refractivity contribution < 1.29 is 9.59 Å². The highest BCUT2D eigenvalue weighted by Gasteiger charge is 2.50. The average Bonchev–Trinajstić information content (AvgIpc) is 3.10. The van der Waals surface area contributed by atoms with Gasteiger partial charge in [0.05, 0.1) is 0 Å². The molecule has 4 nitrogen and oxygen atoms in total. The Bertz CT molecular complexity index is 411. The number of carbonyl (C=O) groups is 2. The molecule has 0 aromatic rings. The molecule has 3 rings (SSSR count). The Balaban J connectivity index is 1.56. The summed E-state index contributed by atoms with van der Waals surface area (Å²) in [6.45, 7) is 5.69. The molecule has 0 radical (unpaired) electrons. The molecule has 2 heterocycles. The van der Waals surface area contributed by atoms with Crippen LogP contribution in [-0.4, -0.2) is 47.8 Å². The Labute approximate surface area is 127 Å². The molecular weight excluding hydrogens is 264 g/mol. The van der Waals surface area contributed by atoms with E-state index in [0.717, 1.165) is 45.4 Å². The predicted molar refractivity (Wildman–Crippen MR) is 81.7 cm³/mol. The summed E-state index contributed by atoms with van der Waals surface area (Å²) in [6.07, 6.45) is 8.39. The van der Waals surface area contributed by atoms with E-state index in [0.29, 0.717) is 30.1 Å². The van der Waals surface area contributed by atoms with Crippen molar-refractivity contribution in [1.82, 2.24) is 9.80 Å². The first-order valence-electron chi connectivity index (χ1n) is 8.70. The predicted octanol–water partition coefficient (Wildman–Crippen LogP) is 2.43. The zero-order chi connectivity index (χ0) is 14.9.